The first-order valence-corrected chi connectivity index (χ1v) is 7.63. The molecule has 2 atom stereocenters. The second kappa shape index (κ2) is 6.69. The van der Waals surface area contributed by atoms with Crippen molar-refractivity contribution in [1.82, 2.24) is 15.2 Å². The molecule has 20 heavy (non-hydrogen) atoms. The molecule has 0 spiro atoms. The fraction of sp³-hybridized carbons (Fsp3) is 0.615. The van der Waals surface area contributed by atoms with Crippen molar-refractivity contribution in [2.24, 2.45) is 5.92 Å². The van der Waals surface area contributed by atoms with Gasteiger partial charge in [-0.05, 0) is 18.8 Å². The molecule has 2 unspecified atom stereocenters. The number of likely N-dealkylation sites (tertiary alicyclic amines) is 1. The summed E-state index contributed by atoms with van der Waals surface area (Å²) in [5, 5.41) is 14.9. The zero-order valence-electron chi connectivity index (χ0n) is 11.4. The second-order valence-electron chi connectivity index (χ2n) is 5.00. The number of aromatic nitrogens is 1. The van der Waals surface area contributed by atoms with Crippen molar-refractivity contribution in [3.05, 3.63) is 16.6 Å². The van der Waals surface area contributed by atoms with Crippen LogP contribution in [0.4, 0.5) is 4.79 Å². The number of hydrogen-bond donors (Lipinski definition) is 2. The number of piperidine rings is 1. The number of rotatable bonds is 4. The fourth-order valence-corrected chi connectivity index (χ4v) is 3.17. The first-order valence-electron chi connectivity index (χ1n) is 6.75. The Balaban J connectivity index is 1.88. The average molecular weight is 297 g/mol. The molecule has 0 bridgehead atoms. The van der Waals surface area contributed by atoms with E-state index in [1.807, 2.05) is 12.3 Å². The summed E-state index contributed by atoms with van der Waals surface area (Å²) >= 11 is 1.55. The van der Waals surface area contributed by atoms with Crippen molar-refractivity contribution < 1.29 is 14.7 Å². The third-order valence-corrected chi connectivity index (χ3v) is 4.39. The van der Waals surface area contributed by atoms with E-state index in [0.29, 0.717) is 19.5 Å². The Hall–Kier alpha value is -1.63. The molecule has 1 aliphatic rings. The van der Waals surface area contributed by atoms with Gasteiger partial charge in [0, 0.05) is 31.1 Å². The Kier molecular flexibility index (Phi) is 4.94. The second-order valence-corrected chi connectivity index (χ2v) is 5.98. The summed E-state index contributed by atoms with van der Waals surface area (Å²) in [6.45, 7) is 2.86. The van der Waals surface area contributed by atoms with E-state index in [-0.39, 0.29) is 11.9 Å². The van der Waals surface area contributed by atoms with Gasteiger partial charge in [-0.1, -0.05) is 6.92 Å². The molecule has 0 radical (unpaired) electrons. The molecule has 6 nitrogen and oxygen atoms in total. The van der Waals surface area contributed by atoms with E-state index in [2.05, 4.69) is 10.3 Å². The summed E-state index contributed by atoms with van der Waals surface area (Å²) in [6, 6.07) is -1.01. The number of thiazole rings is 1. The lowest BCUT2D eigenvalue weighted by Gasteiger charge is -2.37. The summed E-state index contributed by atoms with van der Waals surface area (Å²) < 4.78 is 0. The van der Waals surface area contributed by atoms with Crippen LogP contribution in [0.2, 0.25) is 0 Å². The number of hydrogen-bond acceptors (Lipinski definition) is 4. The third kappa shape index (κ3) is 3.47. The monoisotopic (exact) mass is 297 g/mol. The average Bonchev–Trinajstić information content (AvgIpc) is 2.91. The molecule has 2 heterocycles. The van der Waals surface area contributed by atoms with Crippen LogP contribution < -0.4 is 5.32 Å². The molecular weight excluding hydrogens is 278 g/mol. The number of nitrogens with zero attached hydrogens (tertiary/aromatic N) is 2. The Morgan fingerprint density at radius 1 is 1.60 bits per heavy atom. The number of urea groups is 1. The van der Waals surface area contributed by atoms with Crippen molar-refractivity contribution >= 4 is 23.3 Å². The van der Waals surface area contributed by atoms with Gasteiger partial charge in [-0.15, -0.1) is 11.3 Å². The minimum atomic E-state index is -0.924. The van der Waals surface area contributed by atoms with E-state index in [1.54, 1.807) is 17.5 Å². The van der Waals surface area contributed by atoms with E-state index in [0.717, 1.165) is 17.8 Å². The van der Waals surface area contributed by atoms with Gasteiger partial charge in [-0.25, -0.2) is 14.6 Å². The summed E-state index contributed by atoms with van der Waals surface area (Å²) in [7, 11) is 0. The van der Waals surface area contributed by atoms with Crippen LogP contribution in [0.15, 0.2) is 11.6 Å². The highest BCUT2D eigenvalue weighted by Gasteiger charge is 2.36. The molecule has 0 aliphatic carbocycles. The summed E-state index contributed by atoms with van der Waals surface area (Å²) in [5.41, 5.74) is 0. The first-order chi connectivity index (χ1) is 9.59. The predicted octanol–water partition coefficient (Wildman–Crippen LogP) is 1.58. The quantitative estimate of drug-likeness (QED) is 0.884. The molecule has 1 aliphatic heterocycles. The van der Waals surface area contributed by atoms with E-state index in [9.17, 15) is 14.7 Å². The maximum atomic E-state index is 12.1. The van der Waals surface area contributed by atoms with Crippen LogP contribution in [0.25, 0.3) is 0 Å². The van der Waals surface area contributed by atoms with Crippen molar-refractivity contribution in [2.45, 2.75) is 32.2 Å². The molecule has 1 aromatic heterocycles. The van der Waals surface area contributed by atoms with Gasteiger partial charge in [0.2, 0.25) is 0 Å². The standard InChI is InChI=1S/C13H19N3O3S/c1-9-3-2-7-16(11(9)12(17)18)13(19)15-5-4-10-14-6-8-20-10/h6,8-9,11H,2-5,7H2,1H3,(H,15,19)(H,17,18). The molecule has 2 N–H and O–H groups in total. The number of aliphatic carboxylic acids is 1. The zero-order chi connectivity index (χ0) is 14.5. The summed E-state index contributed by atoms with van der Waals surface area (Å²) in [6.07, 6.45) is 4.10. The largest absolute Gasteiger partial charge is 0.480 e. The van der Waals surface area contributed by atoms with E-state index < -0.39 is 12.0 Å². The number of carbonyl (C=O) groups excluding carboxylic acids is 1. The molecule has 7 heteroatoms. The highest BCUT2D eigenvalue weighted by atomic mass is 32.1. The minimum absolute atomic E-state index is 0.00837. The lowest BCUT2D eigenvalue weighted by molar-refractivity contribution is -0.145. The van der Waals surface area contributed by atoms with E-state index in [1.165, 1.54) is 4.90 Å². The molecule has 1 aromatic rings. The van der Waals surface area contributed by atoms with Crippen molar-refractivity contribution in [3.8, 4) is 0 Å². The first kappa shape index (κ1) is 14.8. The molecular formula is C13H19N3O3S. The topological polar surface area (TPSA) is 82.5 Å². The van der Waals surface area contributed by atoms with Crippen molar-refractivity contribution in [1.29, 1.82) is 0 Å². The van der Waals surface area contributed by atoms with Crippen LogP contribution >= 0.6 is 11.3 Å². The van der Waals surface area contributed by atoms with E-state index in [4.69, 9.17) is 0 Å². The van der Waals surface area contributed by atoms with E-state index >= 15 is 0 Å². The lowest BCUT2D eigenvalue weighted by Crippen LogP contribution is -2.55. The number of carbonyl (C=O) groups is 2. The summed E-state index contributed by atoms with van der Waals surface area (Å²) in [5.74, 6) is -0.932. The van der Waals surface area contributed by atoms with Crippen molar-refractivity contribution in [3.63, 3.8) is 0 Å². The van der Waals surface area contributed by atoms with Crippen LogP contribution in [-0.2, 0) is 11.2 Å². The Bertz CT molecular complexity index is 463. The lowest BCUT2D eigenvalue weighted by atomic mass is 9.91. The zero-order valence-corrected chi connectivity index (χ0v) is 12.2. The molecule has 0 saturated carbocycles. The van der Waals surface area contributed by atoms with Crippen LogP contribution in [0.1, 0.15) is 24.8 Å². The van der Waals surface area contributed by atoms with Gasteiger partial charge in [0.25, 0.3) is 0 Å². The number of amides is 2. The van der Waals surface area contributed by atoms with Gasteiger partial charge in [0.15, 0.2) is 0 Å². The number of carboxylic acids is 1. The van der Waals surface area contributed by atoms with Crippen LogP contribution in [-0.4, -0.2) is 46.1 Å². The van der Waals surface area contributed by atoms with Gasteiger partial charge in [-0.2, -0.15) is 0 Å². The molecule has 110 valence electrons. The van der Waals surface area contributed by atoms with Crippen molar-refractivity contribution in [2.75, 3.05) is 13.1 Å². The van der Waals surface area contributed by atoms with Crippen LogP contribution in [0, 0.1) is 5.92 Å². The smallest absolute Gasteiger partial charge is 0.326 e. The summed E-state index contributed by atoms with van der Waals surface area (Å²) in [4.78, 5) is 29.0. The highest BCUT2D eigenvalue weighted by molar-refractivity contribution is 7.09. The Morgan fingerprint density at radius 2 is 2.40 bits per heavy atom. The van der Waals surface area contributed by atoms with Gasteiger partial charge in [-0.3, -0.25) is 0 Å². The predicted molar refractivity (Wildman–Crippen MR) is 75.7 cm³/mol. The van der Waals surface area contributed by atoms with Gasteiger partial charge >= 0.3 is 12.0 Å². The molecule has 2 rings (SSSR count). The molecule has 1 fully saturated rings. The maximum absolute atomic E-state index is 12.1. The van der Waals surface area contributed by atoms with Gasteiger partial charge in [0.1, 0.15) is 6.04 Å². The third-order valence-electron chi connectivity index (χ3n) is 3.55. The van der Waals surface area contributed by atoms with Gasteiger partial charge in [0.05, 0.1) is 5.01 Å². The fourth-order valence-electron chi connectivity index (χ4n) is 2.55. The number of nitrogens with one attached hydrogen (secondary N) is 1. The maximum Gasteiger partial charge on any atom is 0.326 e. The highest BCUT2D eigenvalue weighted by Crippen LogP contribution is 2.23. The molecule has 2 amide bonds. The number of carboxylic acid groups (broad SMARTS) is 1. The minimum Gasteiger partial charge on any atom is -0.480 e. The van der Waals surface area contributed by atoms with Crippen LogP contribution in [0.3, 0.4) is 0 Å². The normalized spacial score (nSPS) is 22.6. The SMILES string of the molecule is CC1CCCN(C(=O)NCCc2nccs2)C1C(=O)O. The molecule has 1 saturated heterocycles. The Morgan fingerprint density at radius 3 is 3.05 bits per heavy atom. The molecule has 0 aromatic carbocycles. The van der Waals surface area contributed by atoms with Gasteiger partial charge < -0.3 is 15.3 Å². The van der Waals surface area contributed by atoms with Crippen LogP contribution in [0.5, 0.6) is 0 Å². The Labute approximate surface area is 121 Å².